The Bertz CT molecular complexity index is 416. The highest BCUT2D eigenvalue weighted by Gasteiger charge is 2.17. The van der Waals surface area contributed by atoms with Crippen molar-refractivity contribution in [2.75, 3.05) is 0 Å². The van der Waals surface area contributed by atoms with Crippen LogP contribution in [0, 0.1) is 12.9 Å². The molecule has 0 unspecified atom stereocenters. The predicted octanol–water partition coefficient (Wildman–Crippen LogP) is 2.09. The van der Waals surface area contributed by atoms with Gasteiger partial charge >= 0.3 is 0 Å². The van der Waals surface area contributed by atoms with Crippen molar-refractivity contribution in [3.8, 4) is 0 Å². The molecule has 0 saturated carbocycles. The minimum absolute atomic E-state index is 0.234. The van der Waals surface area contributed by atoms with Crippen LogP contribution in [0.1, 0.15) is 0 Å². The van der Waals surface area contributed by atoms with Crippen LogP contribution in [0.3, 0.4) is 0 Å². The smallest absolute Gasteiger partial charge is 0.264 e. The van der Waals surface area contributed by atoms with Crippen LogP contribution < -0.4 is 0 Å². The van der Waals surface area contributed by atoms with E-state index in [1.54, 1.807) is 0 Å². The molecular formula is C7H5BrFO3S. The molecule has 0 fully saturated rings. The molecule has 0 atom stereocenters. The summed E-state index contributed by atoms with van der Waals surface area (Å²) >= 11 is 2.95. The first-order valence-electron chi connectivity index (χ1n) is 3.11. The Hall–Kier alpha value is -0.460. The molecule has 0 aliphatic heterocycles. The third-order valence-electron chi connectivity index (χ3n) is 1.32. The fraction of sp³-hybridized carbons (Fsp3) is 0. The van der Waals surface area contributed by atoms with E-state index in [0.717, 1.165) is 12.1 Å². The van der Waals surface area contributed by atoms with Gasteiger partial charge in [-0.1, -0.05) is 0 Å². The minimum atomic E-state index is -3.95. The maximum Gasteiger partial charge on any atom is 0.298 e. The molecule has 3 nitrogen and oxygen atoms in total. The third-order valence-corrected chi connectivity index (χ3v) is 3.46. The summed E-state index contributed by atoms with van der Waals surface area (Å²) in [6.45, 7) is 0. The molecule has 0 bridgehead atoms. The van der Waals surface area contributed by atoms with Crippen molar-refractivity contribution in [1.29, 1.82) is 0 Å². The summed E-state index contributed by atoms with van der Waals surface area (Å²) < 4.78 is 39.1. The van der Waals surface area contributed by atoms with Gasteiger partial charge in [-0.25, -0.2) is 4.39 Å². The minimum Gasteiger partial charge on any atom is -0.264 e. The lowest BCUT2D eigenvalue weighted by molar-refractivity contribution is 0.436. The van der Waals surface area contributed by atoms with Gasteiger partial charge in [-0.05, 0) is 34.1 Å². The zero-order chi connectivity index (χ0) is 10.1. The Balaban J connectivity index is 3.38. The Morgan fingerprint density at radius 1 is 1.46 bits per heavy atom. The zero-order valence-electron chi connectivity index (χ0n) is 6.33. The maximum absolute atomic E-state index is 12.7. The molecule has 0 N–H and O–H groups in total. The summed E-state index contributed by atoms with van der Waals surface area (Å²) in [6.07, 6.45) is 0. The average molecular weight is 268 g/mol. The van der Waals surface area contributed by atoms with E-state index in [0.29, 0.717) is 0 Å². The van der Waals surface area contributed by atoms with Gasteiger partial charge in [0.2, 0.25) is 0 Å². The summed E-state index contributed by atoms with van der Waals surface area (Å²) in [5.41, 5.74) is 0. The number of hydrogen-bond acceptors (Lipinski definition) is 3. The van der Waals surface area contributed by atoms with Gasteiger partial charge in [-0.2, -0.15) is 8.42 Å². The van der Waals surface area contributed by atoms with E-state index in [2.05, 4.69) is 27.2 Å². The van der Waals surface area contributed by atoms with Crippen molar-refractivity contribution in [2.24, 2.45) is 0 Å². The van der Waals surface area contributed by atoms with Crippen molar-refractivity contribution < 1.29 is 17.0 Å². The fourth-order valence-corrected chi connectivity index (χ4v) is 2.26. The van der Waals surface area contributed by atoms with Crippen LogP contribution in [0.15, 0.2) is 27.6 Å². The fourth-order valence-electron chi connectivity index (χ4n) is 0.732. The second kappa shape index (κ2) is 3.73. The lowest BCUT2D eigenvalue weighted by Crippen LogP contribution is -2.02. The van der Waals surface area contributed by atoms with Gasteiger partial charge in [0, 0.05) is 4.47 Å². The standard InChI is InChI=1S/C7H5BrFO3S/c1-12-13(10,11)7-4-5(9)2-3-6(7)8/h2-4H,1H2. The van der Waals surface area contributed by atoms with E-state index in [4.69, 9.17) is 0 Å². The van der Waals surface area contributed by atoms with Gasteiger partial charge in [-0.15, -0.1) is 0 Å². The zero-order valence-corrected chi connectivity index (χ0v) is 8.73. The molecule has 1 aromatic rings. The van der Waals surface area contributed by atoms with E-state index in [1.807, 2.05) is 0 Å². The average Bonchev–Trinajstić information content (AvgIpc) is 2.09. The highest BCUT2D eigenvalue weighted by atomic mass is 79.9. The lowest BCUT2D eigenvalue weighted by Gasteiger charge is -2.03. The second-order valence-electron chi connectivity index (χ2n) is 2.15. The molecular weight excluding hydrogens is 263 g/mol. The maximum atomic E-state index is 12.7. The highest BCUT2D eigenvalue weighted by molar-refractivity contribution is 9.10. The molecule has 0 aliphatic carbocycles. The molecule has 0 heterocycles. The summed E-state index contributed by atoms with van der Waals surface area (Å²) in [5.74, 6) is -0.654. The first-order chi connectivity index (χ1) is 5.97. The van der Waals surface area contributed by atoms with Crippen molar-refractivity contribution in [2.45, 2.75) is 4.90 Å². The molecule has 13 heavy (non-hydrogen) atoms. The molecule has 1 rings (SSSR count). The van der Waals surface area contributed by atoms with E-state index in [1.165, 1.54) is 6.07 Å². The van der Waals surface area contributed by atoms with Crippen LogP contribution >= 0.6 is 15.9 Å². The Kier molecular flexibility index (Phi) is 3.05. The second-order valence-corrected chi connectivity index (χ2v) is 4.58. The van der Waals surface area contributed by atoms with Crippen molar-refractivity contribution in [3.05, 3.63) is 35.6 Å². The van der Waals surface area contributed by atoms with Gasteiger partial charge in [0.05, 0.1) is 7.11 Å². The summed E-state index contributed by atoms with van der Waals surface area (Å²) in [7, 11) is -1.18. The van der Waals surface area contributed by atoms with E-state index in [-0.39, 0.29) is 9.37 Å². The molecule has 0 spiro atoms. The molecule has 1 aromatic carbocycles. The van der Waals surface area contributed by atoms with Crippen LogP contribution in [0.2, 0.25) is 0 Å². The lowest BCUT2D eigenvalue weighted by atomic mass is 10.3. The SMILES string of the molecule is [CH2]OS(=O)(=O)c1cc(F)ccc1Br. The van der Waals surface area contributed by atoms with E-state index < -0.39 is 15.9 Å². The van der Waals surface area contributed by atoms with Crippen LogP contribution in [0.4, 0.5) is 4.39 Å². The number of halogens is 2. The largest absolute Gasteiger partial charge is 0.298 e. The molecule has 6 heteroatoms. The van der Waals surface area contributed by atoms with Crippen molar-refractivity contribution >= 4 is 26.0 Å². The van der Waals surface area contributed by atoms with E-state index >= 15 is 0 Å². The molecule has 0 aliphatic rings. The quantitative estimate of drug-likeness (QED) is 0.771. The predicted molar refractivity (Wildman–Crippen MR) is 47.7 cm³/mol. The summed E-state index contributed by atoms with van der Waals surface area (Å²) in [4.78, 5) is -0.275. The molecule has 1 radical (unpaired) electrons. The Morgan fingerprint density at radius 3 is 2.62 bits per heavy atom. The molecule has 71 valence electrons. The van der Waals surface area contributed by atoms with Crippen molar-refractivity contribution in [1.82, 2.24) is 0 Å². The van der Waals surface area contributed by atoms with Gasteiger partial charge in [-0.3, -0.25) is 4.18 Å². The topological polar surface area (TPSA) is 43.4 Å². The number of rotatable bonds is 2. The third kappa shape index (κ3) is 2.26. The number of hydrogen-bond donors (Lipinski definition) is 0. The molecule has 0 aromatic heterocycles. The van der Waals surface area contributed by atoms with Gasteiger partial charge < -0.3 is 0 Å². The van der Waals surface area contributed by atoms with Crippen LogP contribution in [-0.2, 0) is 14.3 Å². The van der Waals surface area contributed by atoms with Crippen LogP contribution in [0.25, 0.3) is 0 Å². The number of benzene rings is 1. The highest BCUT2D eigenvalue weighted by Crippen LogP contribution is 2.23. The van der Waals surface area contributed by atoms with Gasteiger partial charge in [0.15, 0.2) is 0 Å². The Morgan fingerprint density at radius 2 is 2.08 bits per heavy atom. The summed E-state index contributed by atoms with van der Waals surface area (Å²) in [5, 5.41) is 0. The van der Waals surface area contributed by atoms with Crippen molar-refractivity contribution in [3.63, 3.8) is 0 Å². The first-order valence-corrected chi connectivity index (χ1v) is 5.31. The molecule has 0 amide bonds. The van der Waals surface area contributed by atoms with Gasteiger partial charge in [0.25, 0.3) is 10.1 Å². The Labute approximate surface area is 83.8 Å². The monoisotopic (exact) mass is 267 g/mol. The molecule has 0 saturated heterocycles. The van der Waals surface area contributed by atoms with Gasteiger partial charge in [0.1, 0.15) is 10.7 Å². The van der Waals surface area contributed by atoms with Crippen LogP contribution in [-0.4, -0.2) is 8.42 Å². The van der Waals surface area contributed by atoms with Crippen LogP contribution in [0.5, 0.6) is 0 Å². The van der Waals surface area contributed by atoms with E-state index in [9.17, 15) is 12.8 Å². The first kappa shape index (κ1) is 10.6. The summed E-state index contributed by atoms with van der Waals surface area (Å²) in [6, 6.07) is 3.26. The normalized spacial score (nSPS) is 11.6.